The van der Waals surface area contributed by atoms with Crippen molar-refractivity contribution in [2.24, 2.45) is 0 Å². The molecule has 0 bridgehead atoms. The second kappa shape index (κ2) is 4.71. The lowest BCUT2D eigenvalue weighted by atomic mass is 10.2. The van der Waals surface area contributed by atoms with E-state index in [2.05, 4.69) is 10.2 Å². The minimum Gasteiger partial charge on any atom is -0.159 e. The van der Waals surface area contributed by atoms with Gasteiger partial charge in [-0.15, -0.1) is 0 Å². The molecule has 0 aliphatic carbocycles. The van der Waals surface area contributed by atoms with Crippen LogP contribution in [0, 0.1) is 0 Å². The van der Waals surface area contributed by atoms with Crippen LogP contribution in [0.15, 0.2) is 42.7 Å². The van der Waals surface area contributed by atoms with Gasteiger partial charge >= 0.3 is 0 Å². The molecule has 0 radical (unpaired) electrons. The average molecular weight is 217 g/mol. The first-order valence-corrected chi connectivity index (χ1v) is 4.93. The van der Waals surface area contributed by atoms with Gasteiger partial charge in [0.1, 0.15) is 0 Å². The normalized spacial score (nSPS) is 10.7. The predicted molar refractivity (Wildman–Crippen MR) is 62.4 cm³/mol. The molecule has 0 aliphatic rings. The number of nitrogens with zero attached hydrogens (tertiary/aromatic N) is 2. The van der Waals surface area contributed by atoms with Gasteiger partial charge in [-0.25, -0.2) is 0 Å². The Morgan fingerprint density at radius 1 is 1.00 bits per heavy atom. The monoisotopic (exact) mass is 216 g/mol. The summed E-state index contributed by atoms with van der Waals surface area (Å²) in [6.45, 7) is 0. The maximum Gasteiger partial charge on any atom is 0.0568 e. The van der Waals surface area contributed by atoms with Gasteiger partial charge in [-0.05, 0) is 23.3 Å². The van der Waals surface area contributed by atoms with E-state index in [1.165, 1.54) is 0 Å². The van der Waals surface area contributed by atoms with E-state index in [1.807, 2.05) is 42.5 Å². The maximum absolute atomic E-state index is 6.01. The van der Waals surface area contributed by atoms with Crippen molar-refractivity contribution in [2.75, 3.05) is 0 Å². The van der Waals surface area contributed by atoms with Crippen LogP contribution in [0.1, 0.15) is 11.1 Å². The lowest BCUT2D eigenvalue weighted by molar-refractivity contribution is 1.03. The standard InChI is InChI=1S/C12H9ClN2/c13-12-4-2-1-3-11(12)6-5-10-7-8-14-15-9-10/h1-9H/b6-5-. The van der Waals surface area contributed by atoms with E-state index in [9.17, 15) is 0 Å². The second-order valence-corrected chi connectivity index (χ2v) is 3.44. The van der Waals surface area contributed by atoms with Crippen LogP contribution in [-0.4, -0.2) is 10.2 Å². The summed E-state index contributed by atoms with van der Waals surface area (Å²) in [5.41, 5.74) is 2.00. The summed E-state index contributed by atoms with van der Waals surface area (Å²) in [7, 11) is 0. The Labute approximate surface area is 93.2 Å². The third-order valence-electron chi connectivity index (χ3n) is 1.97. The molecule has 3 heteroatoms. The van der Waals surface area contributed by atoms with Crippen LogP contribution in [0.5, 0.6) is 0 Å². The molecule has 1 aromatic carbocycles. The number of rotatable bonds is 2. The number of aromatic nitrogens is 2. The van der Waals surface area contributed by atoms with Crippen molar-refractivity contribution in [3.8, 4) is 0 Å². The van der Waals surface area contributed by atoms with E-state index in [0.29, 0.717) is 0 Å². The Morgan fingerprint density at radius 2 is 1.87 bits per heavy atom. The quantitative estimate of drug-likeness (QED) is 0.770. The van der Waals surface area contributed by atoms with Crippen molar-refractivity contribution in [2.45, 2.75) is 0 Å². The third kappa shape index (κ3) is 2.64. The highest BCUT2D eigenvalue weighted by atomic mass is 35.5. The first-order valence-electron chi connectivity index (χ1n) is 4.55. The Morgan fingerprint density at radius 3 is 2.60 bits per heavy atom. The van der Waals surface area contributed by atoms with E-state index < -0.39 is 0 Å². The van der Waals surface area contributed by atoms with Gasteiger partial charge in [0.05, 0.1) is 12.4 Å². The van der Waals surface area contributed by atoms with Gasteiger partial charge in [0.15, 0.2) is 0 Å². The van der Waals surface area contributed by atoms with Gasteiger partial charge in [-0.3, -0.25) is 0 Å². The van der Waals surface area contributed by atoms with Crippen LogP contribution >= 0.6 is 11.6 Å². The largest absolute Gasteiger partial charge is 0.159 e. The molecule has 1 aromatic heterocycles. The van der Waals surface area contributed by atoms with Gasteiger partial charge in [-0.2, -0.15) is 10.2 Å². The molecular formula is C12H9ClN2. The summed E-state index contributed by atoms with van der Waals surface area (Å²) in [6, 6.07) is 9.59. The fourth-order valence-electron chi connectivity index (χ4n) is 1.20. The highest BCUT2D eigenvalue weighted by Gasteiger charge is 1.93. The molecule has 2 aromatic rings. The topological polar surface area (TPSA) is 25.8 Å². The summed E-state index contributed by atoms with van der Waals surface area (Å²) in [5.74, 6) is 0. The number of benzene rings is 1. The van der Waals surface area contributed by atoms with Crippen LogP contribution < -0.4 is 0 Å². The van der Waals surface area contributed by atoms with Gasteiger partial charge in [0, 0.05) is 5.02 Å². The van der Waals surface area contributed by atoms with Gasteiger partial charge < -0.3 is 0 Å². The summed E-state index contributed by atoms with van der Waals surface area (Å²) in [6.07, 6.45) is 7.27. The molecule has 0 atom stereocenters. The van der Waals surface area contributed by atoms with Gasteiger partial charge in [0.2, 0.25) is 0 Å². The van der Waals surface area contributed by atoms with Crippen molar-refractivity contribution in [3.63, 3.8) is 0 Å². The second-order valence-electron chi connectivity index (χ2n) is 3.03. The van der Waals surface area contributed by atoms with E-state index in [0.717, 1.165) is 16.1 Å². The third-order valence-corrected chi connectivity index (χ3v) is 2.31. The molecular weight excluding hydrogens is 208 g/mol. The molecule has 0 unspecified atom stereocenters. The molecule has 0 amide bonds. The molecule has 2 rings (SSSR count). The predicted octanol–water partition coefficient (Wildman–Crippen LogP) is 3.30. The highest BCUT2D eigenvalue weighted by Crippen LogP contribution is 2.17. The number of halogens is 1. The average Bonchev–Trinajstić information content (AvgIpc) is 2.29. The summed E-state index contributed by atoms with van der Waals surface area (Å²) >= 11 is 6.01. The Kier molecular flexibility index (Phi) is 3.10. The van der Waals surface area contributed by atoms with Crippen LogP contribution in [-0.2, 0) is 0 Å². The number of hydrogen-bond acceptors (Lipinski definition) is 2. The van der Waals surface area contributed by atoms with Crippen molar-refractivity contribution in [1.82, 2.24) is 10.2 Å². The molecule has 0 N–H and O–H groups in total. The minimum atomic E-state index is 0.746. The highest BCUT2D eigenvalue weighted by molar-refractivity contribution is 6.32. The van der Waals surface area contributed by atoms with Crippen molar-refractivity contribution < 1.29 is 0 Å². The Bertz CT molecular complexity index is 466. The van der Waals surface area contributed by atoms with E-state index in [1.54, 1.807) is 12.4 Å². The van der Waals surface area contributed by atoms with E-state index in [-0.39, 0.29) is 0 Å². The Balaban J connectivity index is 2.23. The van der Waals surface area contributed by atoms with Crippen LogP contribution in [0.2, 0.25) is 5.02 Å². The first-order chi connectivity index (χ1) is 7.36. The number of hydrogen-bond donors (Lipinski definition) is 0. The van der Waals surface area contributed by atoms with Crippen LogP contribution in [0.3, 0.4) is 0 Å². The van der Waals surface area contributed by atoms with Crippen LogP contribution in [0.25, 0.3) is 12.2 Å². The zero-order valence-corrected chi connectivity index (χ0v) is 8.72. The van der Waals surface area contributed by atoms with E-state index in [4.69, 9.17) is 11.6 Å². The molecule has 0 saturated carbocycles. The molecule has 0 spiro atoms. The zero-order valence-electron chi connectivity index (χ0n) is 7.97. The maximum atomic E-state index is 6.01. The van der Waals surface area contributed by atoms with Crippen molar-refractivity contribution in [3.05, 3.63) is 58.9 Å². The minimum absolute atomic E-state index is 0.746. The first kappa shape index (κ1) is 9.87. The molecule has 74 valence electrons. The van der Waals surface area contributed by atoms with Gasteiger partial charge in [-0.1, -0.05) is 42.0 Å². The van der Waals surface area contributed by atoms with Gasteiger partial charge in [0.25, 0.3) is 0 Å². The molecule has 2 nitrogen and oxygen atoms in total. The van der Waals surface area contributed by atoms with Crippen molar-refractivity contribution in [1.29, 1.82) is 0 Å². The summed E-state index contributed by atoms with van der Waals surface area (Å²) in [4.78, 5) is 0. The Hall–Kier alpha value is -1.67. The molecule has 0 saturated heterocycles. The smallest absolute Gasteiger partial charge is 0.0568 e. The lowest BCUT2D eigenvalue weighted by Crippen LogP contribution is -1.79. The molecule has 0 fully saturated rings. The fraction of sp³-hybridized carbons (Fsp3) is 0. The van der Waals surface area contributed by atoms with Crippen LogP contribution in [0.4, 0.5) is 0 Å². The molecule has 15 heavy (non-hydrogen) atoms. The van der Waals surface area contributed by atoms with E-state index >= 15 is 0 Å². The zero-order chi connectivity index (χ0) is 10.5. The molecule has 1 heterocycles. The summed E-state index contributed by atoms with van der Waals surface area (Å²) in [5, 5.41) is 8.24. The summed E-state index contributed by atoms with van der Waals surface area (Å²) < 4.78 is 0. The van der Waals surface area contributed by atoms with Crippen molar-refractivity contribution >= 4 is 23.8 Å². The fourth-order valence-corrected chi connectivity index (χ4v) is 1.39. The molecule has 0 aliphatic heterocycles. The SMILES string of the molecule is Clc1ccccc1/C=C\c1ccnnc1. The lowest BCUT2D eigenvalue weighted by Gasteiger charge is -1.96.